The molecule has 0 bridgehead atoms. The maximum absolute atomic E-state index is 13.2. The molecule has 1 N–H and O–H groups in total. The van der Waals surface area contributed by atoms with Gasteiger partial charge in [0.15, 0.2) is 0 Å². The predicted molar refractivity (Wildman–Crippen MR) is 116 cm³/mol. The van der Waals surface area contributed by atoms with Crippen LogP contribution in [0, 0.1) is 0 Å². The van der Waals surface area contributed by atoms with Crippen molar-refractivity contribution < 1.29 is 4.79 Å². The molecule has 28 heavy (non-hydrogen) atoms. The summed E-state index contributed by atoms with van der Waals surface area (Å²) in [4.78, 5) is 13.2. The Kier molecular flexibility index (Phi) is 3.87. The molecule has 1 aliphatic heterocycles. The highest BCUT2D eigenvalue weighted by Crippen LogP contribution is 2.28. The second-order valence-corrected chi connectivity index (χ2v) is 7.15. The van der Waals surface area contributed by atoms with E-state index in [1.165, 1.54) is 10.8 Å². The van der Waals surface area contributed by atoms with Crippen molar-refractivity contribution in [3.8, 4) is 0 Å². The van der Waals surface area contributed by atoms with Crippen LogP contribution in [0.4, 0.5) is 0 Å². The highest BCUT2D eigenvalue weighted by Gasteiger charge is 2.19. The second kappa shape index (κ2) is 6.54. The zero-order valence-electron chi connectivity index (χ0n) is 15.6. The van der Waals surface area contributed by atoms with Crippen LogP contribution in [0.15, 0.2) is 78.9 Å². The van der Waals surface area contributed by atoms with Gasteiger partial charge < -0.3 is 9.88 Å². The van der Waals surface area contributed by atoms with E-state index in [1.54, 1.807) is 0 Å². The van der Waals surface area contributed by atoms with E-state index >= 15 is 0 Å². The van der Waals surface area contributed by atoms with Gasteiger partial charge in [0.2, 0.25) is 0 Å². The van der Waals surface area contributed by atoms with Gasteiger partial charge in [0.1, 0.15) is 5.69 Å². The first-order valence-corrected chi connectivity index (χ1v) is 9.50. The Hall–Kier alpha value is -3.59. The molecule has 1 amide bonds. The topological polar surface area (TPSA) is 34.0 Å². The first kappa shape index (κ1) is 16.6. The molecule has 1 atom stereocenters. The fraction of sp³-hybridized carbons (Fsp3) is 0.0800. The average Bonchev–Trinajstić information content (AvgIpc) is 2.96. The van der Waals surface area contributed by atoms with Gasteiger partial charge >= 0.3 is 0 Å². The van der Waals surface area contributed by atoms with Gasteiger partial charge in [0, 0.05) is 11.6 Å². The molecule has 2 heterocycles. The first-order chi connectivity index (χ1) is 13.7. The van der Waals surface area contributed by atoms with Crippen LogP contribution in [0.1, 0.15) is 34.6 Å². The van der Waals surface area contributed by atoms with Gasteiger partial charge in [-0.05, 0) is 41.0 Å². The van der Waals surface area contributed by atoms with E-state index < -0.39 is 0 Å². The standard InChI is InChI=1S/C25H20N2O/c1-17(21-14-7-10-18-8-2-3-13-22(18)21)26-25(28)23-16-20-12-6-11-19-9-4-5-15-27(23)24(19)20/h2-17H,1H3,(H,26,28). The van der Waals surface area contributed by atoms with Crippen LogP contribution in [0.2, 0.25) is 0 Å². The van der Waals surface area contributed by atoms with E-state index in [-0.39, 0.29) is 11.9 Å². The van der Waals surface area contributed by atoms with Crippen LogP contribution in [0.25, 0.3) is 34.0 Å². The van der Waals surface area contributed by atoms with Gasteiger partial charge in [-0.2, -0.15) is 0 Å². The lowest BCUT2D eigenvalue weighted by molar-refractivity contribution is 0.0934. The Bertz CT molecular complexity index is 1270. The molecule has 3 nitrogen and oxygen atoms in total. The van der Waals surface area contributed by atoms with E-state index in [1.807, 2.05) is 66.2 Å². The Morgan fingerprint density at radius 2 is 1.71 bits per heavy atom. The summed E-state index contributed by atoms with van der Waals surface area (Å²) >= 11 is 0. The van der Waals surface area contributed by atoms with Crippen LogP contribution >= 0.6 is 0 Å². The van der Waals surface area contributed by atoms with Crippen molar-refractivity contribution >= 4 is 39.9 Å². The molecule has 0 aliphatic carbocycles. The van der Waals surface area contributed by atoms with Crippen LogP contribution in [-0.4, -0.2) is 10.5 Å². The van der Waals surface area contributed by atoms with E-state index in [2.05, 4.69) is 41.7 Å². The number of nitrogens with one attached hydrogen (secondary N) is 1. The fourth-order valence-electron chi connectivity index (χ4n) is 4.05. The Morgan fingerprint density at radius 3 is 2.64 bits per heavy atom. The molecule has 136 valence electrons. The highest BCUT2D eigenvalue weighted by atomic mass is 16.2. The summed E-state index contributed by atoms with van der Waals surface area (Å²) in [5.41, 5.74) is 3.95. The van der Waals surface area contributed by atoms with Crippen LogP contribution in [0.3, 0.4) is 0 Å². The zero-order valence-corrected chi connectivity index (χ0v) is 15.6. The minimum Gasteiger partial charge on any atom is -0.344 e. The number of aromatic nitrogens is 1. The number of allylic oxidation sites excluding steroid dienone is 2. The maximum atomic E-state index is 13.2. The van der Waals surface area contributed by atoms with Crippen LogP contribution in [-0.2, 0) is 0 Å². The summed E-state index contributed by atoms with van der Waals surface area (Å²) in [7, 11) is 0. The molecule has 0 radical (unpaired) electrons. The molecule has 1 aliphatic rings. The number of carbonyl (C=O) groups is 1. The first-order valence-electron chi connectivity index (χ1n) is 9.50. The fourth-order valence-corrected chi connectivity index (χ4v) is 4.05. The van der Waals surface area contributed by atoms with Crippen molar-refractivity contribution in [2.24, 2.45) is 0 Å². The summed E-state index contributed by atoms with van der Waals surface area (Å²) in [6.45, 7) is 2.04. The van der Waals surface area contributed by atoms with Crippen molar-refractivity contribution in [1.82, 2.24) is 9.88 Å². The van der Waals surface area contributed by atoms with E-state index in [4.69, 9.17) is 0 Å². The van der Waals surface area contributed by atoms with Crippen LogP contribution in [0.5, 0.6) is 0 Å². The van der Waals surface area contributed by atoms with Gasteiger partial charge in [0.05, 0.1) is 11.6 Å². The number of hydrogen-bond acceptors (Lipinski definition) is 1. The largest absolute Gasteiger partial charge is 0.344 e. The second-order valence-electron chi connectivity index (χ2n) is 7.15. The molecule has 0 saturated carbocycles. The predicted octanol–water partition coefficient (Wildman–Crippen LogP) is 5.78. The van der Waals surface area contributed by atoms with Gasteiger partial charge in [0.25, 0.3) is 5.91 Å². The third-order valence-electron chi connectivity index (χ3n) is 5.38. The molecule has 3 aromatic carbocycles. The molecular weight excluding hydrogens is 344 g/mol. The van der Waals surface area contributed by atoms with Gasteiger partial charge in [-0.15, -0.1) is 0 Å². The number of fused-ring (bicyclic) bond motifs is 1. The summed E-state index contributed by atoms with van der Waals surface area (Å²) in [6, 6.07) is 22.5. The van der Waals surface area contributed by atoms with E-state index in [0.29, 0.717) is 5.69 Å². The summed E-state index contributed by atoms with van der Waals surface area (Å²) < 4.78 is 1.98. The van der Waals surface area contributed by atoms with Crippen molar-refractivity contribution in [2.45, 2.75) is 13.0 Å². The molecule has 0 saturated heterocycles. The Labute approximate surface area is 163 Å². The maximum Gasteiger partial charge on any atom is 0.268 e. The molecule has 0 fully saturated rings. The number of amides is 1. The summed E-state index contributed by atoms with van der Waals surface area (Å²) in [6.07, 6.45) is 7.99. The van der Waals surface area contributed by atoms with Crippen molar-refractivity contribution in [3.63, 3.8) is 0 Å². The van der Waals surface area contributed by atoms with Crippen LogP contribution < -0.4 is 5.32 Å². The number of para-hydroxylation sites is 1. The molecule has 1 aromatic heterocycles. The Balaban J connectivity index is 1.53. The normalized spacial score (nSPS) is 13.6. The number of benzene rings is 3. The lowest BCUT2D eigenvalue weighted by Gasteiger charge is -2.17. The smallest absolute Gasteiger partial charge is 0.268 e. The molecule has 3 heteroatoms. The van der Waals surface area contributed by atoms with Gasteiger partial charge in [-0.1, -0.05) is 72.8 Å². The number of hydrogen-bond donors (Lipinski definition) is 1. The number of carbonyl (C=O) groups excluding carboxylic acids is 1. The number of nitrogens with zero attached hydrogens (tertiary/aromatic N) is 1. The number of rotatable bonds is 3. The molecule has 4 aromatic rings. The van der Waals surface area contributed by atoms with E-state index in [9.17, 15) is 4.79 Å². The third-order valence-corrected chi connectivity index (χ3v) is 5.38. The lowest BCUT2D eigenvalue weighted by Crippen LogP contribution is -2.28. The van der Waals surface area contributed by atoms with Crippen molar-refractivity contribution in [3.05, 3.63) is 95.7 Å². The molecule has 1 unspecified atom stereocenters. The van der Waals surface area contributed by atoms with Gasteiger partial charge in [-0.25, -0.2) is 0 Å². The SMILES string of the molecule is CC(NC(=O)c1cc2cccc3c2n1C=CC=C3)c1cccc2ccccc12. The average molecular weight is 364 g/mol. The highest BCUT2D eigenvalue weighted by molar-refractivity contribution is 6.03. The molecule has 5 rings (SSSR count). The lowest BCUT2D eigenvalue weighted by atomic mass is 9.99. The third kappa shape index (κ3) is 2.64. The monoisotopic (exact) mass is 364 g/mol. The Morgan fingerprint density at radius 1 is 0.929 bits per heavy atom. The van der Waals surface area contributed by atoms with Crippen molar-refractivity contribution in [1.29, 1.82) is 0 Å². The quantitative estimate of drug-likeness (QED) is 0.491. The minimum atomic E-state index is -0.100. The minimum absolute atomic E-state index is 0.0749. The van der Waals surface area contributed by atoms with Gasteiger partial charge in [-0.3, -0.25) is 4.79 Å². The summed E-state index contributed by atoms with van der Waals surface area (Å²) in [5, 5.41) is 6.61. The molecular formula is C25H20N2O. The molecule has 0 spiro atoms. The van der Waals surface area contributed by atoms with Crippen molar-refractivity contribution in [2.75, 3.05) is 0 Å². The summed E-state index contributed by atoms with van der Waals surface area (Å²) in [5.74, 6) is -0.0749. The zero-order chi connectivity index (χ0) is 19.1. The van der Waals surface area contributed by atoms with E-state index in [0.717, 1.165) is 22.0 Å².